The highest BCUT2D eigenvalue weighted by atomic mass is 35.5. The molecule has 6 rings (SSSR count). The van der Waals surface area contributed by atoms with Crippen molar-refractivity contribution < 1.29 is 37.1 Å². The van der Waals surface area contributed by atoms with Crippen molar-refractivity contribution in [2.75, 3.05) is 50.0 Å². The molecule has 4 saturated carbocycles. The molecule has 4 aliphatic carbocycles. The van der Waals surface area contributed by atoms with Crippen molar-refractivity contribution in [3.05, 3.63) is 57.6 Å². The number of halogens is 2. The first-order valence-corrected chi connectivity index (χ1v) is 27.4. The van der Waals surface area contributed by atoms with Gasteiger partial charge in [0.1, 0.15) is 12.2 Å². The van der Waals surface area contributed by atoms with E-state index in [-0.39, 0.29) is 34.9 Å². The normalized spacial score (nSPS) is 29.1. The number of nitrogens with one attached hydrogen (secondary N) is 3. The molecule has 0 aliphatic heterocycles. The number of ether oxygens (including phenoxy) is 2. The van der Waals surface area contributed by atoms with E-state index in [0.29, 0.717) is 58.3 Å². The molecule has 64 heavy (non-hydrogen) atoms. The lowest BCUT2D eigenvalue weighted by Gasteiger charge is -2.62. The Balaban J connectivity index is 1.08. The molecule has 2 aromatic carbocycles. The lowest BCUT2D eigenvalue weighted by molar-refractivity contribution is -0.174. The van der Waals surface area contributed by atoms with E-state index in [4.69, 9.17) is 46.0 Å². The van der Waals surface area contributed by atoms with Gasteiger partial charge in [-0.15, -0.1) is 0 Å². The fourth-order valence-electron chi connectivity index (χ4n) is 12.7. The van der Waals surface area contributed by atoms with Gasteiger partial charge in [-0.3, -0.25) is 15.4 Å². The van der Waals surface area contributed by atoms with Crippen molar-refractivity contribution in [2.24, 2.45) is 46.3 Å². The number of hydrogen-bond donors (Lipinski definition) is 3. The van der Waals surface area contributed by atoms with Crippen molar-refractivity contribution in [2.45, 2.75) is 130 Å². The first-order chi connectivity index (χ1) is 30.5. The Bertz CT molecular complexity index is 1880. The lowest BCUT2D eigenvalue weighted by Crippen LogP contribution is -2.60. The number of hydrogen-bond acceptors (Lipinski definition) is 9. The molecule has 2 aromatic rings. The van der Waals surface area contributed by atoms with Crippen LogP contribution in [0.15, 0.2) is 36.4 Å². The predicted molar refractivity (Wildman–Crippen MR) is 260 cm³/mol. The van der Waals surface area contributed by atoms with Gasteiger partial charge in [0.15, 0.2) is 0 Å². The van der Waals surface area contributed by atoms with E-state index in [1.54, 1.807) is 39.5 Å². The highest BCUT2D eigenvalue weighted by Gasteiger charge is 2.65. The van der Waals surface area contributed by atoms with Crippen LogP contribution in [0, 0.1) is 60.2 Å². The van der Waals surface area contributed by atoms with Crippen molar-refractivity contribution in [3.8, 4) is 0 Å². The van der Waals surface area contributed by atoms with Gasteiger partial charge in [0.25, 0.3) is 0 Å². The first kappa shape index (κ1) is 50.9. The first-order valence-electron chi connectivity index (χ1n) is 23.5. The third kappa shape index (κ3) is 12.1. The molecule has 3 N–H and O–H groups in total. The predicted octanol–water partition coefficient (Wildman–Crippen LogP) is 12.3. The zero-order valence-corrected chi connectivity index (χ0v) is 42.7. The fraction of sp³-hybridized carbons (Fsp3) is 0.694. The largest absolute Gasteiger partial charge is 0.500 e. The summed E-state index contributed by atoms with van der Waals surface area (Å²) in [6.45, 7) is 11.9. The third-order valence-corrected chi connectivity index (χ3v) is 20.3. The van der Waals surface area contributed by atoms with Crippen LogP contribution in [-0.2, 0) is 27.5 Å². The minimum absolute atomic E-state index is 0.0264. The van der Waals surface area contributed by atoms with E-state index in [0.717, 1.165) is 105 Å². The van der Waals surface area contributed by atoms with Gasteiger partial charge in [-0.05, 0) is 178 Å². The zero-order chi connectivity index (χ0) is 46.2. The summed E-state index contributed by atoms with van der Waals surface area (Å²) < 4.78 is 29.3. The Labute approximate surface area is 397 Å². The molecule has 0 bridgehead atoms. The molecule has 4 aliphatic rings. The molecule has 0 spiro atoms. The molecule has 0 saturated heterocycles. The number of fused-ring (bicyclic) bond motifs is 5. The van der Waals surface area contributed by atoms with Crippen molar-refractivity contribution >= 4 is 73.2 Å². The Morgan fingerprint density at radius 3 is 2.11 bits per heavy atom. The molecule has 0 aromatic heterocycles. The number of carbonyl (C=O) groups excluding carboxylic acids is 3. The third-order valence-electron chi connectivity index (χ3n) is 15.9. The Kier molecular flexibility index (Phi) is 17.9. The second-order valence-corrected chi connectivity index (χ2v) is 24.8. The number of rotatable bonds is 19. The van der Waals surface area contributed by atoms with Gasteiger partial charge in [0.05, 0.1) is 0 Å². The summed E-state index contributed by atoms with van der Waals surface area (Å²) in [6, 6.07) is 11.8. The molecule has 10 atom stereocenters. The van der Waals surface area contributed by atoms with Crippen LogP contribution in [0.25, 0.3) is 0 Å². The van der Waals surface area contributed by atoms with Crippen molar-refractivity contribution in [1.29, 1.82) is 0 Å². The number of amides is 3. The summed E-state index contributed by atoms with van der Waals surface area (Å²) in [5.41, 5.74) is 3.21. The Morgan fingerprint density at radius 1 is 0.797 bits per heavy atom. The minimum atomic E-state index is -2.53. The van der Waals surface area contributed by atoms with E-state index in [1.807, 2.05) is 37.7 Å². The topological polar surface area (TPSA) is 133 Å². The van der Waals surface area contributed by atoms with Gasteiger partial charge in [0, 0.05) is 67.2 Å². The molecule has 3 amide bonds. The second-order valence-electron chi connectivity index (χ2n) is 19.7. The van der Waals surface area contributed by atoms with E-state index in [9.17, 15) is 14.4 Å². The molecular formula is C49H73Cl2N3O8SSi. The van der Waals surface area contributed by atoms with Crippen LogP contribution in [0.2, 0.25) is 16.1 Å². The standard InChI is InChI=1S/C49H73Cl2N3O8SSi/c1-31-23-32(2)25-37(24-31)53-47(57)62-44-30-43-40(13-12-34-26-39(17-18-48(34,43)4)61-46(56)54-38-28-35(50)27-36(51)29-38)42-15-14-41(49(42,44)5)33(3)11-16-45(55)52-19-9-20-63-21-10-22-64(58-6,59-7)60-8/h23-25,27-29,33-34,39-44H,9-22,26,30H2,1-8H3,(H,52,55)(H,53,57)(H,54,56)/t33-,34+,39-,40+,41+,42+,43+,44+,48+,49-/m1/s1. The van der Waals surface area contributed by atoms with Crippen LogP contribution < -0.4 is 16.0 Å². The van der Waals surface area contributed by atoms with Gasteiger partial charge in [-0.25, -0.2) is 9.59 Å². The van der Waals surface area contributed by atoms with E-state index >= 15 is 0 Å². The van der Waals surface area contributed by atoms with Crippen LogP contribution in [0.1, 0.15) is 109 Å². The zero-order valence-electron chi connectivity index (χ0n) is 39.3. The summed E-state index contributed by atoms with van der Waals surface area (Å²) in [7, 11) is 2.41. The summed E-state index contributed by atoms with van der Waals surface area (Å²) in [5.74, 6) is 4.38. The summed E-state index contributed by atoms with van der Waals surface area (Å²) in [6.07, 6.45) is 9.51. The molecule has 0 radical (unpaired) electrons. The van der Waals surface area contributed by atoms with Crippen LogP contribution in [0.5, 0.6) is 0 Å². The molecule has 4 fully saturated rings. The minimum Gasteiger partial charge on any atom is -0.446 e. The van der Waals surface area contributed by atoms with Gasteiger partial charge in [0.2, 0.25) is 5.91 Å². The summed E-state index contributed by atoms with van der Waals surface area (Å²) >= 11 is 14.2. The van der Waals surface area contributed by atoms with Crippen LogP contribution >= 0.6 is 35.0 Å². The average molecular weight is 963 g/mol. The van der Waals surface area contributed by atoms with Gasteiger partial charge < -0.3 is 28.1 Å². The maximum Gasteiger partial charge on any atom is 0.500 e. The highest BCUT2D eigenvalue weighted by molar-refractivity contribution is 7.99. The molecule has 0 unspecified atom stereocenters. The average Bonchev–Trinajstić information content (AvgIpc) is 3.60. The van der Waals surface area contributed by atoms with E-state index in [1.165, 1.54) is 0 Å². The molecule has 15 heteroatoms. The molecule has 0 heterocycles. The number of benzene rings is 2. The SMILES string of the molecule is CO[Si](CCCSCCCNC(=O)CC[C@@H](C)[C@@H]1CC[C@H]2[C@@H]3CC[C@H]4C[C@H](OC(=O)Nc5cc(Cl)cc(Cl)c5)CC[C@]4(C)[C@H]3C[C@H](OC(=O)Nc3cc(C)cc(C)c3)[C@@]21C)(OC)OC. The maximum atomic E-state index is 14.0. The van der Waals surface area contributed by atoms with Crippen LogP contribution in [-0.4, -0.2) is 78.5 Å². The van der Waals surface area contributed by atoms with Crippen molar-refractivity contribution in [1.82, 2.24) is 5.32 Å². The van der Waals surface area contributed by atoms with E-state index in [2.05, 4.69) is 42.8 Å². The highest BCUT2D eigenvalue weighted by Crippen LogP contribution is 2.69. The number of carbonyl (C=O) groups is 3. The van der Waals surface area contributed by atoms with E-state index < -0.39 is 21.0 Å². The van der Waals surface area contributed by atoms with Crippen molar-refractivity contribution in [3.63, 3.8) is 0 Å². The van der Waals surface area contributed by atoms with Crippen LogP contribution in [0.3, 0.4) is 0 Å². The van der Waals surface area contributed by atoms with Gasteiger partial charge in [-0.1, -0.05) is 50.0 Å². The molecule has 356 valence electrons. The fourth-order valence-corrected chi connectivity index (χ4v) is 16.2. The quantitative estimate of drug-likeness (QED) is 0.0929. The Morgan fingerprint density at radius 2 is 1.44 bits per heavy atom. The van der Waals surface area contributed by atoms with Crippen LogP contribution in [0.4, 0.5) is 21.0 Å². The van der Waals surface area contributed by atoms with Gasteiger partial charge >= 0.3 is 21.0 Å². The Hall–Kier alpha value is -2.52. The number of anilines is 2. The second kappa shape index (κ2) is 22.5. The smallest absolute Gasteiger partial charge is 0.446 e. The molecule has 11 nitrogen and oxygen atoms in total. The summed E-state index contributed by atoms with van der Waals surface area (Å²) in [5, 5.41) is 9.97. The molecular weight excluding hydrogens is 890 g/mol. The van der Waals surface area contributed by atoms with Gasteiger partial charge in [-0.2, -0.15) is 11.8 Å². The summed E-state index contributed by atoms with van der Waals surface area (Å²) in [4.78, 5) is 40.2. The number of aryl methyl sites for hydroxylation is 2. The maximum absolute atomic E-state index is 14.0. The monoisotopic (exact) mass is 961 g/mol. The number of thioether (sulfide) groups is 1. The lowest BCUT2D eigenvalue weighted by atomic mass is 9.43.